The zero-order valence-electron chi connectivity index (χ0n) is 12.6. The molecule has 2 nitrogen and oxygen atoms in total. The second-order valence-corrected chi connectivity index (χ2v) is 5.57. The van der Waals surface area contributed by atoms with Crippen molar-refractivity contribution in [2.75, 3.05) is 6.54 Å². The van der Waals surface area contributed by atoms with Gasteiger partial charge in [0, 0.05) is 6.54 Å². The molecule has 0 heterocycles. The van der Waals surface area contributed by atoms with E-state index in [0.717, 1.165) is 18.7 Å². The highest BCUT2D eigenvalue weighted by Crippen LogP contribution is 2.22. The van der Waals surface area contributed by atoms with Crippen molar-refractivity contribution < 1.29 is 5.11 Å². The molecule has 0 unspecified atom stereocenters. The Morgan fingerprint density at radius 3 is 2.36 bits per heavy atom. The van der Waals surface area contributed by atoms with Crippen molar-refractivity contribution in [3.8, 4) is 0 Å². The molecule has 0 fully saturated rings. The zero-order valence-corrected chi connectivity index (χ0v) is 12.6. The van der Waals surface area contributed by atoms with Crippen molar-refractivity contribution in [1.82, 2.24) is 5.32 Å². The summed E-state index contributed by atoms with van der Waals surface area (Å²) >= 11 is 0. The molecule has 3 aromatic rings. The van der Waals surface area contributed by atoms with Gasteiger partial charge >= 0.3 is 0 Å². The first-order valence-electron chi connectivity index (χ1n) is 7.74. The molecule has 0 aliphatic heterocycles. The van der Waals surface area contributed by atoms with Gasteiger partial charge in [-0.2, -0.15) is 0 Å². The Labute approximate surface area is 131 Å². The van der Waals surface area contributed by atoms with E-state index in [2.05, 4.69) is 41.7 Å². The average molecular weight is 291 g/mol. The molecule has 112 valence electrons. The summed E-state index contributed by atoms with van der Waals surface area (Å²) in [6, 6.07) is 24.7. The first-order valence-corrected chi connectivity index (χ1v) is 7.74. The molecule has 0 radical (unpaired) electrons. The van der Waals surface area contributed by atoms with E-state index in [0.29, 0.717) is 6.42 Å². The van der Waals surface area contributed by atoms with Crippen LogP contribution >= 0.6 is 0 Å². The molecular weight excluding hydrogens is 270 g/mol. The molecule has 22 heavy (non-hydrogen) atoms. The van der Waals surface area contributed by atoms with Crippen molar-refractivity contribution in [2.45, 2.75) is 19.1 Å². The number of nitrogens with one attached hydrogen (secondary N) is 1. The maximum Gasteiger partial charge on any atom is 0.0802 e. The summed E-state index contributed by atoms with van der Waals surface area (Å²) < 4.78 is 0. The van der Waals surface area contributed by atoms with Crippen molar-refractivity contribution in [1.29, 1.82) is 0 Å². The predicted molar refractivity (Wildman–Crippen MR) is 91.7 cm³/mol. The third kappa shape index (κ3) is 3.73. The second kappa shape index (κ2) is 7.21. The third-order valence-corrected chi connectivity index (χ3v) is 3.92. The number of aliphatic hydroxyl groups excluding tert-OH is 1. The van der Waals surface area contributed by atoms with Gasteiger partial charge in [0.2, 0.25) is 0 Å². The maximum atomic E-state index is 10.3. The van der Waals surface area contributed by atoms with Crippen molar-refractivity contribution in [2.24, 2.45) is 0 Å². The standard InChI is InChI=1S/C20H21NO/c22-20(12-13-21-15-16-6-2-1-3-7-16)19-11-10-17-8-4-5-9-18(17)14-19/h1-11,14,20-22H,12-13,15H2/t20-/m0/s1. The normalized spacial score (nSPS) is 12.4. The summed E-state index contributed by atoms with van der Waals surface area (Å²) in [6.45, 7) is 1.63. The molecule has 0 saturated heterocycles. The number of hydrogen-bond donors (Lipinski definition) is 2. The minimum Gasteiger partial charge on any atom is -0.388 e. The first kappa shape index (κ1) is 14.8. The lowest BCUT2D eigenvalue weighted by Crippen LogP contribution is -2.17. The minimum atomic E-state index is -0.423. The third-order valence-electron chi connectivity index (χ3n) is 3.92. The highest BCUT2D eigenvalue weighted by atomic mass is 16.3. The maximum absolute atomic E-state index is 10.3. The average Bonchev–Trinajstić information content (AvgIpc) is 2.59. The van der Waals surface area contributed by atoms with Crippen LogP contribution in [0.25, 0.3) is 10.8 Å². The van der Waals surface area contributed by atoms with Gasteiger partial charge in [-0.3, -0.25) is 0 Å². The SMILES string of the molecule is O[C@@H](CCNCc1ccccc1)c1ccc2ccccc2c1. The Hall–Kier alpha value is -2.16. The summed E-state index contributed by atoms with van der Waals surface area (Å²) in [5.41, 5.74) is 2.25. The fourth-order valence-corrected chi connectivity index (χ4v) is 2.65. The van der Waals surface area contributed by atoms with Gasteiger partial charge in [0.1, 0.15) is 0 Å². The van der Waals surface area contributed by atoms with Gasteiger partial charge in [-0.25, -0.2) is 0 Å². The fraction of sp³-hybridized carbons (Fsp3) is 0.200. The number of rotatable bonds is 6. The summed E-state index contributed by atoms with van der Waals surface area (Å²) in [4.78, 5) is 0. The van der Waals surface area contributed by atoms with E-state index in [4.69, 9.17) is 0 Å². The van der Waals surface area contributed by atoms with Crippen LogP contribution in [0, 0.1) is 0 Å². The lowest BCUT2D eigenvalue weighted by atomic mass is 10.0. The monoisotopic (exact) mass is 291 g/mol. The highest BCUT2D eigenvalue weighted by Gasteiger charge is 2.07. The van der Waals surface area contributed by atoms with E-state index >= 15 is 0 Å². The van der Waals surface area contributed by atoms with Crippen molar-refractivity contribution in [3.63, 3.8) is 0 Å². The molecule has 0 aliphatic rings. The first-order chi connectivity index (χ1) is 10.8. The second-order valence-electron chi connectivity index (χ2n) is 5.57. The van der Waals surface area contributed by atoms with E-state index in [-0.39, 0.29) is 0 Å². The van der Waals surface area contributed by atoms with E-state index < -0.39 is 6.10 Å². The molecule has 0 aliphatic carbocycles. The number of fused-ring (bicyclic) bond motifs is 1. The molecule has 0 spiro atoms. The highest BCUT2D eigenvalue weighted by molar-refractivity contribution is 5.83. The predicted octanol–water partition coefficient (Wildman–Crippen LogP) is 4.05. The van der Waals surface area contributed by atoms with Crippen LogP contribution in [0.3, 0.4) is 0 Å². The van der Waals surface area contributed by atoms with Crippen LogP contribution in [0.1, 0.15) is 23.7 Å². The fourth-order valence-electron chi connectivity index (χ4n) is 2.65. The van der Waals surface area contributed by atoms with Crippen LogP contribution in [0.4, 0.5) is 0 Å². The Morgan fingerprint density at radius 2 is 1.55 bits per heavy atom. The van der Waals surface area contributed by atoms with E-state index in [9.17, 15) is 5.11 Å². The lowest BCUT2D eigenvalue weighted by molar-refractivity contribution is 0.167. The van der Waals surface area contributed by atoms with Crippen LogP contribution < -0.4 is 5.32 Å². The largest absolute Gasteiger partial charge is 0.388 e. The number of hydrogen-bond acceptors (Lipinski definition) is 2. The Kier molecular flexibility index (Phi) is 4.84. The molecule has 2 heteroatoms. The van der Waals surface area contributed by atoms with Crippen LogP contribution in [-0.2, 0) is 6.54 Å². The molecule has 0 amide bonds. The Balaban J connectivity index is 1.53. The van der Waals surface area contributed by atoms with Gasteiger partial charge in [0.25, 0.3) is 0 Å². The topological polar surface area (TPSA) is 32.3 Å². The lowest BCUT2D eigenvalue weighted by Gasteiger charge is -2.12. The van der Waals surface area contributed by atoms with E-state index in [1.807, 2.05) is 36.4 Å². The van der Waals surface area contributed by atoms with E-state index in [1.165, 1.54) is 16.3 Å². The van der Waals surface area contributed by atoms with Gasteiger partial charge in [0.15, 0.2) is 0 Å². The van der Waals surface area contributed by atoms with Crippen molar-refractivity contribution in [3.05, 3.63) is 83.9 Å². The van der Waals surface area contributed by atoms with Gasteiger partial charge in [-0.1, -0.05) is 66.7 Å². The van der Waals surface area contributed by atoms with Gasteiger partial charge < -0.3 is 10.4 Å². The summed E-state index contributed by atoms with van der Waals surface area (Å²) in [5.74, 6) is 0. The molecule has 0 aromatic heterocycles. The Morgan fingerprint density at radius 1 is 0.818 bits per heavy atom. The smallest absolute Gasteiger partial charge is 0.0802 e. The quantitative estimate of drug-likeness (QED) is 0.671. The van der Waals surface area contributed by atoms with Crippen LogP contribution in [0.2, 0.25) is 0 Å². The summed E-state index contributed by atoms with van der Waals surface area (Å²) in [6.07, 6.45) is 0.290. The van der Waals surface area contributed by atoms with Crippen molar-refractivity contribution >= 4 is 10.8 Å². The van der Waals surface area contributed by atoms with Gasteiger partial charge in [0.05, 0.1) is 6.10 Å². The summed E-state index contributed by atoms with van der Waals surface area (Å²) in [7, 11) is 0. The summed E-state index contributed by atoms with van der Waals surface area (Å²) in [5, 5.41) is 16.1. The van der Waals surface area contributed by atoms with Gasteiger partial charge in [-0.15, -0.1) is 0 Å². The number of aliphatic hydroxyl groups is 1. The molecule has 0 saturated carbocycles. The minimum absolute atomic E-state index is 0.423. The molecule has 0 bridgehead atoms. The van der Waals surface area contributed by atoms with Crippen LogP contribution in [-0.4, -0.2) is 11.7 Å². The zero-order chi connectivity index (χ0) is 15.2. The van der Waals surface area contributed by atoms with Crippen LogP contribution in [0.5, 0.6) is 0 Å². The molecular formula is C20H21NO. The number of benzene rings is 3. The Bertz CT molecular complexity index is 724. The molecule has 1 atom stereocenters. The van der Waals surface area contributed by atoms with Gasteiger partial charge in [-0.05, 0) is 40.9 Å². The molecule has 3 aromatic carbocycles. The van der Waals surface area contributed by atoms with Crippen LogP contribution in [0.15, 0.2) is 72.8 Å². The molecule has 2 N–H and O–H groups in total. The molecule has 3 rings (SSSR count). The van der Waals surface area contributed by atoms with E-state index in [1.54, 1.807) is 0 Å².